The predicted octanol–water partition coefficient (Wildman–Crippen LogP) is -1.43. The summed E-state index contributed by atoms with van der Waals surface area (Å²) in [6.45, 7) is 1.25. The number of nitrogens with one attached hydrogen (secondary N) is 1. The Morgan fingerprint density at radius 1 is 1.64 bits per heavy atom. The molecule has 5 nitrogen and oxygen atoms in total. The zero-order valence-corrected chi connectivity index (χ0v) is 6.16. The average Bonchev–Trinajstić information content (AvgIpc) is 1.86. The van der Waals surface area contributed by atoms with E-state index in [0.29, 0.717) is 6.29 Å². The Kier molecular flexibility index (Phi) is 3.87. The molecule has 0 aliphatic carbocycles. The number of carbonyl (C=O) groups excluding carboxylic acids is 3. The van der Waals surface area contributed by atoms with E-state index in [4.69, 9.17) is 5.73 Å². The van der Waals surface area contributed by atoms with Gasteiger partial charge in [-0.25, -0.2) is 0 Å². The molecular formula is C6H10N2O3. The van der Waals surface area contributed by atoms with Crippen LogP contribution in [0, 0.1) is 0 Å². The molecule has 0 spiro atoms. The van der Waals surface area contributed by atoms with Crippen molar-refractivity contribution in [2.24, 2.45) is 5.73 Å². The van der Waals surface area contributed by atoms with Gasteiger partial charge < -0.3 is 15.8 Å². The maximum absolute atomic E-state index is 10.5. The summed E-state index contributed by atoms with van der Waals surface area (Å²) in [7, 11) is 0. The summed E-state index contributed by atoms with van der Waals surface area (Å²) < 4.78 is 0. The number of nitrogens with two attached hydrogens (primary N) is 1. The van der Waals surface area contributed by atoms with Gasteiger partial charge in [0.15, 0.2) is 0 Å². The van der Waals surface area contributed by atoms with Crippen molar-refractivity contribution >= 4 is 18.1 Å². The van der Waals surface area contributed by atoms with Crippen LogP contribution in [0.5, 0.6) is 0 Å². The highest BCUT2D eigenvalue weighted by atomic mass is 16.2. The summed E-state index contributed by atoms with van der Waals surface area (Å²) in [6, 6.07) is -0.870. The Labute approximate surface area is 63.9 Å². The Balaban J connectivity index is 3.99. The van der Waals surface area contributed by atoms with Crippen molar-refractivity contribution in [3.8, 4) is 0 Å². The fourth-order valence-corrected chi connectivity index (χ4v) is 0.588. The van der Waals surface area contributed by atoms with Crippen molar-refractivity contribution in [2.45, 2.75) is 19.4 Å². The first-order valence-electron chi connectivity index (χ1n) is 3.08. The predicted molar refractivity (Wildman–Crippen MR) is 37.5 cm³/mol. The third-order valence-corrected chi connectivity index (χ3v) is 1.05. The van der Waals surface area contributed by atoms with Crippen molar-refractivity contribution in [3.05, 3.63) is 0 Å². The second-order valence-electron chi connectivity index (χ2n) is 2.06. The van der Waals surface area contributed by atoms with Gasteiger partial charge in [0.25, 0.3) is 0 Å². The zero-order chi connectivity index (χ0) is 8.85. The molecule has 1 atom stereocenters. The molecular weight excluding hydrogens is 148 g/mol. The van der Waals surface area contributed by atoms with E-state index in [0.717, 1.165) is 0 Å². The van der Waals surface area contributed by atoms with E-state index in [9.17, 15) is 14.4 Å². The summed E-state index contributed by atoms with van der Waals surface area (Å²) in [4.78, 5) is 30.8. The number of amides is 2. The lowest BCUT2D eigenvalue weighted by Gasteiger charge is -2.09. The number of rotatable bonds is 4. The molecule has 0 aromatic heterocycles. The molecule has 0 radical (unpaired) electrons. The van der Waals surface area contributed by atoms with Crippen molar-refractivity contribution in [1.82, 2.24) is 5.32 Å². The SMILES string of the molecule is CC(=O)NC(CC=O)C(N)=O. The molecule has 0 heterocycles. The van der Waals surface area contributed by atoms with Crippen LogP contribution in [0.25, 0.3) is 0 Å². The highest BCUT2D eigenvalue weighted by molar-refractivity contribution is 5.87. The van der Waals surface area contributed by atoms with Gasteiger partial charge in [-0.05, 0) is 0 Å². The second-order valence-corrected chi connectivity index (χ2v) is 2.06. The second kappa shape index (κ2) is 4.43. The first kappa shape index (κ1) is 9.61. The summed E-state index contributed by atoms with van der Waals surface area (Å²) in [5.41, 5.74) is 4.86. The summed E-state index contributed by atoms with van der Waals surface area (Å²) in [5, 5.41) is 2.24. The maximum Gasteiger partial charge on any atom is 0.240 e. The van der Waals surface area contributed by atoms with Crippen molar-refractivity contribution in [2.75, 3.05) is 0 Å². The van der Waals surface area contributed by atoms with Crippen LogP contribution in [0.2, 0.25) is 0 Å². The number of carbonyl (C=O) groups is 3. The maximum atomic E-state index is 10.5. The lowest BCUT2D eigenvalue weighted by atomic mass is 10.2. The molecule has 2 amide bonds. The monoisotopic (exact) mass is 158 g/mol. The quantitative estimate of drug-likeness (QED) is 0.491. The Bertz CT molecular complexity index is 179. The number of hydrogen-bond donors (Lipinski definition) is 2. The molecule has 0 rings (SSSR count). The normalized spacial score (nSPS) is 11.7. The van der Waals surface area contributed by atoms with E-state index in [1.165, 1.54) is 6.92 Å². The van der Waals surface area contributed by atoms with Crippen LogP contribution in [-0.4, -0.2) is 24.1 Å². The van der Waals surface area contributed by atoms with Crippen molar-refractivity contribution < 1.29 is 14.4 Å². The van der Waals surface area contributed by atoms with Gasteiger partial charge in [0, 0.05) is 13.3 Å². The third-order valence-electron chi connectivity index (χ3n) is 1.05. The van der Waals surface area contributed by atoms with Crippen LogP contribution in [0.1, 0.15) is 13.3 Å². The van der Waals surface area contributed by atoms with Crippen LogP contribution >= 0.6 is 0 Å². The number of aldehydes is 1. The number of primary amides is 1. The van der Waals surface area contributed by atoms with E-state index in [-0.39, 0.29) is 12.3 Å². The largest absolute Gasteiger partial charge is 0.368 e. The lowest BCUT2D eigenvalue weighted by Crippen LogP contribution is -2.43. The van der Waals surface area contributed by atoms with Gasteiger partial charge >= 0.3 is 0 Å². The van der Waals surface area contributed by atoms with Crippen LogP contribution in [0.3, 0.4) is 0 Å². The first-order chi connectivity index (χ1) is 5.07. The minimum absolute atomic E-state index is 0.0745. The minimum atomic E-state index is -0.870. The summed E-state index contributed by atoms with van der Waals surface area (Å²) in [6.07, 6.45) is 0.459. The molecule has 11 heavy (non-hydrogen) atoms. The molecule has 3 N–H and O–H groups in total. The van der Waals surface area contributed by atoms with Gasteiger partial charge in [0.05, 0.1) is 0 Å². The fraction of sp³-hybridized carbons (Fsp3) is 0.500. The summed E-state index contributed by atoms with van der Waals surface area (Å²) in [5.74, 6) is -1.08. The van der Waals surface area contributed by atoms with E-state index < -0.39 is 11.9 Å². The van der Waals surface area contributed by atoms with Gasteiger partial charge in [0.2, 0.25) is 11.8 Å². The molecule has 0 fully saturated rings. The highest BCUT2D eigenvalue weighted by Crippen LogP contribution is 1.86. The molecule has 0 bridgehead atoms. The Morgan fingerprint density at radius 2 is 2.18 bits per heavy atom. The third kappa shape index (κ3) is 4.07. The van der Waals surface area contributed by atoms with Gasteiger partial charge in [-0.3, -0.25) is 9.59 Å². The van der Waals surface area contributed by atoms with E-state index in [1.54, 1.807) is 0 Å². The highest BCUT2D eigenvalue weighted by Gasteiger charge is 2.14. The topological polar surface area (TPSA) is 89.3 Å². The molecule has 0 aliphatic heterocycles. The van der Waals surface area contributed by atoms with Crippen molar-refractivity contribution in [1.29, 1.82) is 0 Å². The average molecular weight is 158 g/mol. The number of hydrogen-bond acceptors (Lipinski definition) is 3. The van der Waals surface area contributed by atoms with E-state index >= 15 is 0 Å². The van der Waals surface area contributed by atoms with Crippen LogP contribution in [-0.2, 0) is 14.4 Å². The Morgan fingerprint density at radius 3 is 2.45 bits per heavy atom. The molecule has 0 saturated carbocycles. The molecule has 62 valence electrons. The van der Waals surface area contributed by atoms with E-state index in [2.05, 4.69) is 5.32 Å². The standard InChI is InChI=1S/C6H10N2O3/c1-4(10)8-5(2-3-9)6(7)11/h3,5H,2H2,1H3,(H2,7,11)(H,8,10). The summed E-state index contributed by atoms with van der Waals surface area (Å²) >= 11 is 0. The molecule has 1 unspecified atom stereocenters. The molecule has 0 aliphatic rings. The fourth-order valence-electron chi connectivity index (χ4n) is 0.588. The van der Waals surface area contributed by atoms with Crippen LogP contribution < -0.4 is 11.1 Å². The molecule has 0 aromatic carbocycles. The smallest absolute Gasteiger partial charge is 0.240 e. The first-order valence-corrected chi connectivity index (χ1v) is 3.08. The van der Waals surface area contributed by atoms with Gasteiger partial charge in [-0.15, -0.1) is 0 Å². The van der Waals surface area contributed by atoms with Crippen LogP contribution in [0.15, 0.2) is 0 Å². The van der Waals surface area contributed by atoms with Gasteiger partial charge in [0.1, 0.15) is 12.3 Å². The van der Waals surface area contributed by atoms with Crippen molar-refractivity contribution in [3.63, 3.8) is 0 Å². The van der Waals surface area contributed by atoms with E-state index in [1.807, 2.05) is 0 Å². The Hall–Kier alpha value is -1.39. The zero-order valence-electron chi connectivity index (χ0n) is 6.16. The minimum Gasteiger partial charge on any atom is -0.368 e. The van der Waals surface area contributed by atoms with Crippen LogP contribution in [0.4, 0.5) is 0 Å². The van der Waals surface area contributed by atoms with Gasteiger partial charge in [-0.2, -0.15) is 0 Å². The van der Waals surface area contributed by atoms with Gasteiger partial charge in [-0.1, -0.05) is 0 Å². The molecule has 5 heteroatoms. The molecule has 0 saturated heterocycles. The molecule has 0 aromatic rings. The lowest BCUT2D eigenvalue weighted by molar-refractivity contribution is -0.127.